The van der Waals surface area contributed by atoms with Gasteiger partial charge in [-0.2, -0.15) is 0 Å². The SMILES string of the molecule is Cc1ccc(C[C@@H]2NCCC[C@@H]2O)cc1. The maximum atomic E-state index is 9.82. The molecule has 0 spiro atoms. The summed E-state index contributed by atoms with van der Waals surface area (Å²) in [4.78, 5) is 0. The standard InChI is InChI=1S/C13H19NO/c1-10-4-6-11(7-5-10)9-12-13(15)3-2-8-14-12/h4-7,12-15H,2-3,8-9H2,1H3/t12-,13-/m0/s1. The monoisotopic (exact) mass is 205 g/mol. The van der Waals surface area contributed by atoms with Crippen LogP contribution in [-0.2, 0) is 6.42 Å². The van der Waals surface area contributed by atoms with Gasteiger partial charge in [-0.05, 0) is 38.3 Å². The number of benzene rings is 1. The predicted octanol–water partition coefficient (Wildman–Crippen LogP) is 1.65. The largest absolute Gasteiger partial charge is 0.391 e. The van der Waals surface area contributed by atoms with Crippen molar-refractivity contribution in [1.29, 1.82) is 0 Å². The molecule has 0 aliphatic carbocycles. The molecule has 1 saturated heterocycles. The second kappa shape index (κ2) is 4.77. The van der Waals surface area contributed by atoms with Gasteiger partial charge in [-0.25, -0.2) is 0 Å². The summed E-state index contributed by atoms with van der Waals surface area (Å²) >= 11 is 0. The molecule has 1 aliphatic rings. The van der Waals surface area contributed by atoms with Crippen molar-refractivity contribution in [2.24, 2.45) is 0 Å². The molecule has 2 atom stereocenters. The molecule has 2 nitrogen and oxygen atoms in total. The van der Waals surface area contributed by atoms with Crippen molar-refractivity contribution in [1.82, 2.24) is 5.32 Å². The van der Waals surface area contributed by atoms with E-state index in [4.69, 9.17) is 0 Å². The van der Waals surface area contributed by atoms with Gasteiger partial charge in [-0.3, -0.25) is 0 Å². The van der Waals surface area contributed by atoms with Gasteiger partial charge in [0.15, 0.2) is 0 Å². The zero-order valence-electron chi connectivity index (χ0n) is 9.24. The van der Waals surface area contributed by atoms with Gasteiger partial charge in [0.05, 0.1) is 6.10 Å². The molecule has 0 unspecified atom stereocenters. The topological polar surface area (TPSA) is 32.3 Å². The van der Waals surface area contributed by atoms with E-state index in [1.807, 2.05) is 0 Å². The van der Waals surface area contributed by atoms with Crippen molar-refractivity contribution in [3.63, 3.8) is 0 Å². The minimum atomic E-state index is -0.181. The highest BCUT2D eigenvalue weighted by Gasteiger charge is 2.22. The van der Waals surface area contributed by atoms with Crippen LogP contribution < -0.4 is 5.32 Å². The Morgan fingerprint density at radius 2 is 2.07 bits per heavy atom. The summed E-state index contributed by atoms with van der Waals surface area (Å²) in [5, 5.41) is 13.2. The number of rotatable bonds is 2. The van der Waals surface area contributed by atoms with Crippen LogP contribution in [0.1, 0.15) is 24.0 Å². The minimum absolute atomic E-state index is 0.181. The van der Waals surface area contributed by atoms with Crippen LogP contribution in [0.2, 0.25) is 0 Å². The number of nitrogens with one attached hydrogen (secondary N) is 1. The smallest absolute Gasteiger partial charge is 0.0696 e. The van der Waals surface area contributed by atoms with Gasteiger partial charge in [0.1, 0.15) is 0 Å². The second-order valence-electron chi connectivity index (χ2n) is 4.46. The zero-order valence-corrected chi connectivity index (χ0v) is 9.24. The fraction of sp³-hybridized carbons (Fsp3) is 0.538. The Morgan fingerprint density at radius 1 is 1.33 bits per heavy atom. The van der Waals surface area contributed by atoms with Crippen LogP contribution in [0.15, 0.2) is 24.3 Å². The molecule has 0 aromatic heterocycles. The van der Waals surface area contributed by atoms with E-state index in [-0.39, 0.29) is 12.1 Å². The average molecular weight is 205 g/mol. The Bertz CT molecular complexity index is 307. The molecular formula is C13H19NO. The number of piperidine rings is 1. The van der Waals surface area contributed by atoms with Crippen LogP contribution in [-0.4, -0.2) is 23.8 Å². The third kappa shape index (κ3) is 2.80. The summed E-state index contributed by atoms with van der Waals surface area (Å²) < 4.78 is 0. The lowest BCUT2D eigenvalue weighted by Gasteiger charge is -2.29. The van der Waals surface area contributed by atoms with Crippen molar-refractivity contribution in [3.8, 4) is 0 Å². The van der Waals surface area contributed by atoms with E-state index in [9.17, 15) is 5.11 Å². The fourth-order valence-corrected chi connectivity index (χ4v) is 2.12. The van der Waals surface area contributed by atoms with Crippen LogP contribution in [0.5, 0.6) is 0 Å². The van der Waals surface area contributed by atoms with E-state index in [1.54, 1.807) is 0 Å². The normalized spacial score (nSPS) is 26.5. The summed E-state index contributed by atoms with van der Waals surface area (Å²) in [6.45, 7) is 3.13. The molecule has 0 amide bonds. The molecular weight excluding hydrogens is 186 g/mol. The summed E-state index contributed by atoms with van der Waals surface area (Å²) in [7, 11) is 0. The fourth-order valence-electron chi connectivity index (χ4n) is 2.12. The van der Waals surface area contributed by atoms with E-state index < -0.39 is 0 Å². The molecule has 0 saturated carbocycles. The maximum absolute atomic E-state index is 9.82. The highest BCUT2D eigenvalue weighted by molar-refractivity contribution is 5.22. The van der Waals surface area contributed by atoms with Crippen molar-refractivity contribution in [3.05, 3.63) is 35.4 Å². The van der Waals surface area contributed by atoms with E-state index >= 15 is 0 Å². The Kier molecular flexibility index (Phi) is 3.39. The molecule has 1 fully saturated rings. The predicted molar refractivity (Wildman–Crippen MR) is 61.9 cm³/mol. The first-order valence-corrected chi connectivity index (χ1v) is 5.73. The van der Waals surface area contributed by atoms with Gasteiger partial charge >= 0.3 is 0 Å². The molecule has 1 aromatic carbocycles. The minimum Gasteiger partial charge on any atom is -0.391 e. The van der Waals surface area contributed by atoms with Crippen molar-refractivity contribution in [2.75, 3.05) is 6.54 Å². The summed E-state index contributed by atoms with van der Waals surface area (Å²) in [5.41, 5.74) is 2.59. The van der Waals surface area contributed by atoms with E-state index in [2.05, 4.69) is 36.5 Å². The molecule has 15 heavy (non-hydrogen) atoms. The van der Waals surface area contributed by atoms with Crippen molar-refractivity contribution < 1.29 is 5.11 Å². The lowest BCUT2D eigenvalue weighted by Crippen LogP contribution is -2.46. The van der Waals surface area contributed by atoms with Gasteiger partial charge < -0.3 is 10.4 Å². The molecule has 2 heteroatoms. The number of aliphatic hydroxyl groups is 1. The molecule has 82 valence electrons. The highest BCUT2D eigenvalue weighted by atomic mass is 16.3. The Labute approximate surface area is 91.3 Å². The van der Waals surface area contributed by atoms with Crippen LogP contribution in [0.25, 0.3) is 0 Å². The van der Waals surface area contributed by atoms with Crippen LogP contribution >= 0.6 is 0 Å². The summed E-state index contributed by atoms with van der Waals surface area (Å²) in [6.07, 6.45) is 2.77. The third-order valence-corrected chi connectivity index (χ3v) is 3.12. The lowest BCUT2D eigenvalue weighted by molar-refractivity contribution is 0.0964. The average Bonchev–Trinajstić information content (AvgIpc) is 2.25. The Balaban J connectivity index is 1.98. The summed E-state index contributed by atoms with van der Waals surface area (Å²) in [6, 6.07) is 8.80. The molecule has 1 heterocycles. The number of hydrogen-bond acceptors (Lipinski definition) is 2. The molecule has 1 aliphatic heterocycles. The van der Waals surface area contributed by atoms with Gasteiger partial charge in [-0.15, -0.1) is 0 Å². The van der Waals surface area contributed by atoms with Crippen LogP contribution in [0.3, 0.4) is 0 Å². The van der Waals surface area contributed by atoms with Crippen molar-refractivity contribution in [2.45, 2.75) is 38.3 Å². The molecule has 1 aromatic rings. The highest BCUT2D eigenvalue weighted by Crippen LogP contribution is 2.14. The molecule has 2 N–H and O–H groups in total. The Morgan fingerprint density at radius 3 is 2.73 bits per heavy atom. The first-order chi connectivity index (χ1) is 7.25. The first kappa shape index (κ1) is 10.7. The van der Waals surface area contributed by atoms with Crippen LogP contribution in [0, 0.1) is 6.92 Å². The van der Waals surface area contributed by atoms with E-state index in [1.165, 1.54) is 11.1 Å². The van der Waals surface area contributed by atoms with E-state index in [0.29, 0.717) is 0 Å². The second-order valence-corrected chi connectivity index (χ2v) is 4.46. The lowest BCUT2D eigenvalue weighted by atomic mass is 9.95. The molecule has 2 rings (SSSR count). The van der Waals surface area contributed by atoms with Gasteiger partial charge in [0.2, 0.25) is 0 Å². The number of aryl methyl sites for hydroxylation is 1. The van der Waals surface area contributed by atoms with Gasteiger partial charge in [-0.1, -0.05) is 29.8 Å². The van der Waals surface area contributed by atoms with Crippen molar-refractivity contribution >= 4 is 0 Å². The number of aliphatic hydroxyl groups excluding tert-OH is 1. The first-order valence-electron chi connectivity index (χ1n) is 5.73. The summed E-state index contributed by atoms with van der Waals surface area (Å²) in [5.74, 6) is 0. The molecule has 0 radical (unpaired) electrons. The third-order valence-electron chi connectivity index (χ3n) is 3.12. The molecule has 0 bridgehead atoms. The Hall–Kier alpha value is -0.860. The quantitative estimate of drug-likeness (QED) is 0.769. The zero-order chi connectivity index (χ0) is 10.7. The van der Waals surface area contributed by atoms with Gasteiger partial charge in [0, 0.05) is 6.04 Å². The number of hydrogen-bond donors (Lipinski definition) is 2. The van der Waals surface area contributed by atoms with Crippen LogP contribution in [0.4, 0.5) is 0 Å². The van der Waals surface area contributed by atoms with E-state index in [0.717, 1.165) is 25.8 Å². The maximum Gasteiger partial charge on any atom is 0.0696 e. The van der Waals surface area contributed by atoms with Gasteiger partial charge in [0.25, 0.3) is 0 Å².